The van der Waals surface area contributed by atoms with E-state index in [1.807, 2.05) is 24.3 Å². The van der Waals surface area contributed by atoms with E-state index in [1.54, 1.807) is 13.8 Å². The highest BCUT2D eigenvalue weighted by atomic mass is 35.5. The van der Waals surface area contributed by atoms with E-state index in [0.717, 1.165) is 18.0 Å². The predicted octanol–water partition coefficient (Wildman–Crippen LogP) is 2.58. The Balaban J connectivity index is 2.29. The second kappa shape index (κ2) is 6.03. The van der Waals surface area contributed by atoms with Crippen LogP contribution in [0.5, 0.6) is 0 Å². The molecule has 0 fully saturated rings. The van der Waals surface area contributed by atoms with E-state index >= 15 is 0 Å². The quantitative estimate of drug-likeness (QED) is 0.769. The second-order valence-electron chi connectivity index (χ2n) is 4.74. The van der Waals surface area contributed by atoms with Gasteiger partial charge in [-0.15, -0.1) is 0 Å². The summed E-state index contributed by atoms with van der Waals surface area (Å²) in [7, 11) is 0. The highest BCUT2D eigenvalue weighted by molar-refractivity contribution is 6.30. The average Bonchev–Trinajstić information content (AvgIpc) is 2.26. The molecule has 0 aromatic heterocycles. The molecule has 0 amide bonds. The molecule has 0 heterocycles. The average molecular weight is 256 g/mol. The van der Waals surface area contributed by atoms with Crippen molar-refractivity contribution in [2.75, 3.05) is 13.1 Å². The van der Waals surface area contributed by atoms with Gasteiger partial charge in [0.15, 0.2) is 0 Å². The van der Waals surface area contributed by atoms with Gasteiger partial charge >= 0.3 is 5.97 Å². The lowest BCUT2D eigenvalue weighted by Crippen LogP contribution is -2.36. The van der Waals surface area contributed by atoms with Crippen LogP contribution in [-0.2, 0) is 11.2 Å². The first-order chi connectivity index (χ1) is 7.92. The number of rotatable bonds is 6. The van der Waals surface area contributed by atoms with Gasteiger partial charge in [0, 0.05) is 11.6 Å². The molecule has 3 nitrogen and oxygen atoms in total. The van der Waals surface area contributed by atoms with Gasteiger partial charge in [-0.3, -0.25) is 4.79 Å². The number of aliphatic carboxylic acids is 1. The molecule has 0 bridgehead atoms. The van der Waals surface area contributed by atoms with Gasteiger partial charge in [-0.2, -0.15) is 0 Å². The van der Waals surface area contributed by atoms with Crippen molar-refractivity contribution in [2.45, 2.75) is 20.3 Å². The summed E-state index contributed by atoms with van der Waals surface area (Å²) in [5.74, 6) is -0.781. The van der Waals surface area contributed by atoms with Crippen LogP contribution in [0.2, 0.25) is 5.02 Å². The third-order valence-electron chi connectivity index (χ3n) is 2.65. The van der Waals surface area contributed by atoms with E-state index in [-0.39, 0.29) is 0 Å². The third kappa shape index (κ3) is 4.75. The van der Waals surface area contributed by atoms with Crippen LogP contribution < -0.4 is 5.32 Å². The highest BCUT2D eigenvalue weighted by Gasteiger charge is 2.26. The summed E-state index contributed by atoms with van der Waals surface area (Å²) in [6, 6.07) is 7.68. The number of carboxylic acid groups (broad SMARTS) is 1. The molecule has 0 unspecified atom stereocenters. The summed E-state index contributed by atoms with van der Waals surface area (Å²) in [5, 5.41) is 12.8. The second-order valence-corrected chi connectivity index (χ2v) is 5.18. The maximum atomic E-state index is 10.9. The van der Waals surface area contributed by atoms with Gasteiger partial charge in [-0.05, 0) is 44.5 Å². The first-order valence-corrected chi connectivity index (χ1v) is 5.98. The molecule has 2 N–H and O–H groups in total. The minimum atomic E-state index is -0.781. The van der Waals surface area contributed by atoms with Crippen LogP contribution in [0.4, 0.5) is 0 Å². The van der Waals surface area contributed by atoms with Gasteiger partial charge in [0.1, 0.15) is 0 Å². The molecule has 1 aromatic rings. The molecular formula is C13H18ClNO2. The van der Waals surface area contributed by atoms with Gasteiger partial charge in [0.2, 0.25) is 0 Å². The zero-order chi connectivity index (χ0) is 12.9. The molecule has 4 heteroatoms. The smallest absolute Gasteiger partial charge is 0.310 e. The number of benzene rings is 1. The topological polar surface area (TPSA) is 49.3 Å². The van der Waals surface area contributed by atoms with Crippen molar-refractivity contribution in [3.8, 4) is 0 Å². The van der Waals surface area contributed by atoms with Crippen LogP contribution in [0, 0.1) is 5.41 Å². The molecule has 0 aliphatic heterocycles. The zero-order valence-corrected chi connectivity index (χ0v) is 10.9. The Labute approximate surface area is 107 Å². The van der Waals surface area contributed by atoms with Crippen molar-refractivity contribution in [3.05, 3.63) is 34.9 Å². The Bertz CT molecular complexity index is 374. The van der Waals surface area contributed by atoms with Crippen molar-refractivity contribution < 1.29 is 9.90 Å². The minimum absolute atomic E-state index is 0.468. The molecule has 1 rings (SSSR count). The Morgan fingerprint density at radius 3 is 2.47 bits per heavy atom. The van der Waals surface area contributed by atoms with Gasteiger partial charge in [-0.25, -0.2) is 0 Å². The summed E-state index contributed by atoms with van der Waals surface area (Å²) < 4.78 is 0. The first kappa shape index (κ1) is 14.0. The van der Waals surface area contributed by atoms with Crippen molar-refractivity contribution in [3.63, 3.8) is 0 Å². The normalized spacial score (nSPS) is 11.5. The number of hydrogen-bond donors (Lipinski definition) is 2. The molecule has 0 spiro atoms. The van der Waals surface area contributed by atoms with Crippen molar-refractivity contribution in [2.24, 2.45) is 5.41 Å². The van der Waals surface area contributed by atoms with E-state index in [4.69, 9.17) is 16.7 Å². The molecule has 94 valence electrons. The van der Waals surface area contributed by atoms with E-state index in [9.17, 15) is 4.79 Å². The Hall–Kier alpha value is -1.06. The molecule has 0 aliphatic carbocycles. The fourth-order valence-electron chi connectivity index (χ4n) is 1.36. The lowest BCUT2D eigenvalue weighted by molar-refractivity contribution is -0.146. The molecule has 0 saturated carbocycles. The molecule has 1 aromatic carbocycles. The van der Waals surface area contributed by atoms with Crippen molar-refractivity contribution in [1.29, 1.82) is 0 Å². The fourth-order valence-corrected chi connectivity index (χ4v) is 1.49. The minimum Gasteiger partial charge on any atom is -0.481 e. The number of carboxylic acids is 1. The van der Waals surface area contributed by atoms with Gasteiger partial charge in [0.25, 0.3) is 0 Å². The zero-order valence-electron chi connectivity index (χ0n) is 10.2. The molecule has 0 saturated heterocycles. The number of hydrogen-bond acceptors (Lipinski definition) is 2. The summed E-state index contributed by atoms with van der Waals surface area (Å²) in [4.78, 5) is 10.9. The van der Waals surface area contributed by atoms with Crippen LogP contribution in [0.15, 0.2) is 24.3 Å². The lowest BCUT2D eigenvalue weighted by Gasteiger charge is -2.19. The van der Waals surface area contributed by atoms with Gasteiger partial charge in [0.05, 0.1) is 5.41 Å². The summed E-state index contributed by atoms with van der Waals surface area (Å²) >= 11 is 5.79. The third-order valence-corrected chi connectivity index (χ3v) is 2.90. The summed E-state index contributed by atoms with van der Waals surface area (Å²) in [6.07, 6.45) is 0.868. The SMILES string of the molecule is CC(C)(CNCCc1ccc(Cl)cc1)C(=O)O. The van der Waals surface area contributed by atoms with Crippen LogP contribution >= 0.6 is 11.6 Å². The van der Waals surface area contributed by atoms with E-state index in [1.165, 1.54) is 5.56 Å². The Kier molecular flexibility index (Phi) is 4.97. The van der Waals surface area contributed by atoms with E-state index in [0.29, 0.717) is 6.54 Å². The van der Waals surface area contributed by atoms with E-state index < -0.39 is 11.4 Å². The Morgan fingerprint density at radius 1 is 1.35 bits per heavy atom. The van der Waals surface area contributed by atoms with Crippen molar-refractivity contribution >= 4 is 17.6 Å². The van der Waals surface area contributed by atoms with Gasteiger partial charge in [-0.1, -0.05) is 23.7 Å². The predicted molar refractivity (Wildman–Crippen MR) is 69.4 cm³/mol. The summed E-state index contributed by atoms with van der Waals surface area (Å²) in [5.41, 5.74) is 0.468. The molecule has 0 radical (unpaired) electrons. The standard InChI is InChI=1S/C13H18ClNO2/c1-13(2,12(16)17)9-15-8-7-10-3-5-11(14)6-4-10/h3-6,15H,7-9H2,1-2H3,(H,16,17). The monoisotopic (exact) mass is 255 g/mol. The molecule has 0 atom stereocenters. The number of halogens is 1. The molecule has 17 heavy (non-hydrogen) atoms. The Morgan fingerprint density at radius 2 is 1.94 bits per heavy atom. The molecular weight excluding hydrogens is 238 g/mol. The lowest BCUT2D eigenvalue weighted by atomic mass is 9.94. The van der Waals surface area contributed by atoms with Crippen LogP contribution in [0.1, 0.15) is 19.4 Å². The number of nitrogens with one attached hydrogen (secondary N) is 1. The maximum Gasteiger partial charge on any atom is 0.310 e. The summed E-state index contributed by atoms with van der Waals surface area (Å²) in [6.45, 7) is 4.66. The van der Waals surface area contributed by atoms with Crippen LogP contribution in [0.3, 0.4) is 0 Å². The highest BCUT2D eigenvalue weighted by Crippen LogP contribution is 2.13. The van der Waals surface area contributed by atoms with Crippen LogP contribution in [-0.4, -0.2) is 24.2 Å². The van der Waals surface area contributed by atoms with Crippen LogP contribution in [0.25, 0.3) is 0 Å². The van der Waals surface area contributed by atoms with E-state index in [2.05, 4.69) is 5.32 Å². The number of carbonyl (C=O) groups is 1. The maximum absolute atomic E-state index is 10.9. The van der Waals surface area contributed by atoms with Gasteiger partial charge < -0.3 is 10.4 Å². The first-order valence-electron chi connectivity index (χ1n) is 5.60. The van der Waals surface area contributed by atoms with Crippen molar-refractivity contribution in [1.82, 2.24) is 5.32 Å². The largest absolute Gasteiger partial charge is 0.481 e. The molecule has 0 aliphatic rings. The fraction of sp³-hybridized carbons (Fsp3) is 0.462.